The van der Waals surface area contributed by atoms with Crippen LogP contribution in [0.2, 0.25) is 19.6 Å². The summed E-state index contributed by atoms with van der Waals surface area (Å²) in [6.07, 6.45) is 2.09. The number of rotatable bonds is 4. The highest BCUT2D eigenvalue weighted by atomic mass is 28.3. The lowest BCUT2D eigenvalue weighted by atomic mass is 9.90. The lowest BCUT2D eigenvalue weighted by molar-refractivity contribution is 1.34. The maximum atomic E-state index is 4.90. The van der Waals surface area contributed by atoms with Crippen molar-refractivity contribution in [3.05, 3.63) is 134 Å². The van der Waals surface area contributed by atoms with Crippen LogP contribution in [0.25, 0.3) is 65.8 Å². The first-order chi connectivity index (χ1) is 19.5. The third-order valence-corrected chi connectivity index (χ3v) is 10.1. The van der Waals surface area contributed by atoms with Gasteiger partial charge in [-0.2, -0.15) is 0 Å². The van der Waals surface area contributed by atoms with E-state index in [4.69, 9.17) is 4.98 Å². The summed E-state index contributed by atoms with van der Waals surface area (Å²) >= 11 is 0. The highest BCUT2D eigenvalue weighted by molar-refractivity contribution is 6.88. The van der Waals surface area contributed by atoms with Gasteiger partial charge in [-0.1, -0.05) is 123 Å². The van der Waals surface area contributed by atoms with Gasteiger partial charge in [-0.05, 0) is 84.0 Å². The summed E-state index contributed by atoms with van der Waals surface area (Å²) in [5.74, 6) is 0. The van der Waals surface area contributed by atoms with Crippen LogP contribution < -0.4 is 5.19 Å². The van der Waals surface area contributed by atoms with Crippen molar-refractivity contribution in [2.45, 2.75) is 19.6 Å². The number of benzene rings is 6. The number of hydrogen-bond donors (Lipinski definition) is 0. The largest absolute Gasteiger partial charge is 0.256 e. The van der Waals surface area contributed by atoms with Crippen molar-refractivity contribution < 1.29 is 0 Å². The molecule has 0 atom stereocenters. The molecule has 0 spiro atoms. The van der Waals surface area contributed by atoms with E-state index in [0.29, 0.717) is 0 Å². The van der Waals surface area contributed by atoms with Crippen molar-refractivity contribution >= 4 is 45.6 Å². The van der Waals surface area contributed by atoms with Gasteiger partial charge < -0.3 is 0 Å². The summed E-state index contributed by atoms with van der Waals surface area (Å²) in [5, 5.41) is 9.07. The number of hydrogen-bond acceptors (Lipinski definition) is 1. The molecule has 2 heteroatoms. The molecule has 0 N–H and O–H groups in total. The van der Waals surface area contributed by atoms with Crippen LogP contribution in [0.4, 0.5) is 0 Å². The third-order valence-electron chi connectivity index (χ3n) is 8.07. The zero-order valence-corrected chi connectivity index (χ0v) is 24.1. The smallest absolute Gasteiger partial charge is 0.0796 e. The van der Waals surface area contributed by atoms with Crippen molar-refractivity contribution in [3.8, 4) is 33.5 Å². The molecule has 0 saturated carbocycles. The molecule has 1 aromatic heterocycles. The van der Waals surface area contributed by atoms with Gasteiger partial charge in [-0.25, -0.2) is 0 Å². The molecule has 1 nitrogen and oxygen atoms in total. The molecule has 0 radical (unpaired) electrons. The van der Waals surface area contributed by atoms with Crippen LogP contribution >= 0.6 is 0 Å². The van der Waals surface area contributed by atoms with Gasteiger partial charge in [0.2, 0.25) is 0 Å². The molecule has 40 heavy (non-hydrogen) atoms. The number of aromatic nitrogens is 1. The van der Waals surface area contributed by atoms with Gasteiger partial charge in [-0.15, -0.1) is 0 Å². The second-order valence-corrected chi connectivity index (χ2v) is 16.8. The summed E-state index contributed by atoms with van der Waals surface area (Å²) in [5.41, 5.74) is 7.10. The maximum absolute atomic E-state index is 4.90. The normalized spacial score (nSPS) is 11.9. The average Bonchev–Trinajstić information content (AvgIpc) is 3.01. The molecule has 7 rings (SSSR count). The SMILES string of the molecule is C[Si](C)(C)c1ccc(-c2ccc3c4ccccc4c4ccc(-c5cccc(-c6ccccc6)c5)cc4c3c2)nc1. The van der Waals surface area contributed by atoms with Gasteiger partial charge in [0.15, 0.2) is 0 Å². The summed E-state index contributed by atoms with van der Waals surface area (Å²) in [4.78, 5) is 4.90. The van der Waals surface area contributed by atoms with Gasteiger partial charge in [0, 0.05) is 11.8 Å². The quantitative estimate of drug-likeness (QED) is 0.163. The van der Waals surface area contributed by atoms with E-state index in [1.165, 1.54) is 59.8 Å². The minimum Gasteiger partial charge on any atom is -0.256 e. The first-order valence-electron chi connectivity index (χ1n) is 14.0. The molecule has 6 aromatic carbocycles. The lowest BCUT2D eigenvalue weighted by Crippen LogP contribution is -2.37. The van der Waals surface area contributed by atoms with E-state index in [1.807, 2.05) is 0 Å². The maximum Gasteiger partial charge on any atom is 0.0796 e. The molecule has 0 aliphatic heterocycles. The molecule has 0 unspecified atom stereocenters. The predicted octanol–water partition coefficient (Wildman–Crippen LogP) is 10.1. The number of fused-ring (bicyclic) bond motifs is 6. The molecule has 1 heterocycles. The fourth-order valence-corrected chi connectivity index (χ4v) is 6.85. The molecule has 0 saturated heterocycles. The Kier molecular flexibility index (Phi) is 5.87. The van der Waals surface area contributed by atoms with Gasteiger partial charge >= 0.3 is 0 Å². The Balaban J connectivity index is 1.44. The Morgan fingerprint density at radius 3 is 1.55 bits per heavy atom. The van der Waals surface area contributed by atoms with Crippen LogP contribution in [0, 0.1) is 0 Å². The number of nitrogens with zero attached hydrogens (tertiary/aromatic N) is 1. The molecular weight excluding hydrogens is 499 g/mol. The van der Waals surface area contributed by atoms with E-state index in [9.17, 15) is 0 Å². The molecule has 0 bridgehead atoms. The molecular formula is C38H31NSi. The minimum absolute atomic E-state index is 1.02. The van der Waals surface area contributed by atoms with Crippen molar-refractivity contribution in [2.75, 3.05) is 0 Å². The predicted molar refractivity (Wildman–Crippen MR) is 176 cm³/mol. The van der Waals surface area contributed by atoms with Crippen LogP contribution in [0.3, 0.4) is 0 Å². The highest BCUT2D eigenvalue weighted by Gasteiger charge is 2.17. The van der Waals surface area contributed by atoms with Crippen molar-refractivity contribution in [1.82, 2.24) is 4.98 Å². The van der Waals surface area contributed by atoms with Crippen molar-refractivity contribution in [1.29, 1.82) is 0 Å². The molecule has 0 fully saturated rings. The van der Waals surface area contributed by atoms with Crippen molar-refractivity contribution in [3.63, 3.8) is 0 Å². The molecule has 0 aliphatic carbocycles. The van der Waals surface area contributed by atoms with Crippen LogP contribution in [-0.4, -0.2) is 13.1 Å². The molecule has 0 aliphatic rings. The Bertz CT molecular complexity index is 2020. The van der Waals surface area contributed by atoms with Crippen LogP contribution in [0.1, 0.15) is 0 Å². The van der Waals surface area contributed by atoms with E-state index >= 15 is 0 Å². The van der Waals surface area contributed by atoms with E-state index in [-0.39, 0.29) is 0 Å². The third kappa shape index (κ3) is 4.31. The average molecular weight is 530 g/mol. The fourth-order valence-electron chi connectivity index (χ4n) is 5.81. The summed E-state index contributed by atoms with van der Waals surface area (Å²) in [6.45, 7) is 7.10. The van der Waals surface area contributed by atoms with Crippen molar-refractivity contribution in [2.24, 2.45) is 0 Å². The van der Waals surface area contributed by atoms with Gasteiger partial charge in [0.1, 0.15) is 0 Å². The van der Waals surface area contributed by atoms with Crippen LogP contribution in [0.5, 0.6) is 0 Å². The Hall–Kier alpha value is -4.53. The Morgan fingerprint density at radius 1 is 0.400 bits per heavy atom. The summed E-state index contributed by atoms with van der Waals surface area (Å²) in [7, 11) is -1.39. The Labute approximate surface area is 236 Å². The summed E-state index contributed by atoms with van der Waals surface area (Å²) < 4.78 is 0. The van der Waals surface area contributed by atoms with Gasteiger partial charge in [-0.3, -0.25) is 4.98 Å². The fraction of sp³-hybridized carbons (Fsp3) is 0.0789. The van der Waals surface area contributed by atoms with Gasteiger partial charge in [0.25, 0.3) is 0 Å². The standard InChI is InChI=1S/C38H31NSi/c1-40(2,3)31-18-21-38(39-25-31)30-17-20-35-33-15-8-7-14-32(33)34-19-16-29(23-36(34)37(35)24-30)28-13-9-12-27(22-28)26-10-5-4-6-11-26/h4-25H,1-3H3. The van der Waals surface area contributed by atoms with E-state index in [1.54, 1.807) is 0 Å². The van der Waals surface area contributed by atoms with E-state index < -0.39 is 8.07 Å². The monoisotopic (exact) mass is 529 g/mol. The lowest BCUT2D eigenvalue weighted by Gasteiger charge is -2.16. The number of pyridine rings is 1. The van der Waals surface area contributed by atoms with Gasteiger partial charge in [0.05, 0.1) is 13.8 Å². The molecule has 192 valence electrons. The molecule has 7 aromatic rings. The Morgan fingerprint density at radius 2 is 0.925 bits per heavy atom. The first-order valence-corrected chi connectivity index (χ1v) is 17.5. The zero-order chi connectivity index (χ0) is 27.3. The minimum atomic E-state index is -1.39. The summed E-state index contributed by atoms with van der Waals surface area (Å²) in [6, 6.07) is 46.5. The van der Waals surface area contributed by atoms with E-state index in [0.717, 1.165) is 11.3 Å². The zero-order valence-electron chi connectivity index (χ0n) is 23.1. The second-order valence-electron chi connectivity index (χ2n) is 11.7. The highest BCUT2D eigenvalue weighted by Crippen LogP contribution is 2.39. The second kappa shape index (κ2) is 9.58. The molecule has 0 amide bonds. The van der Waals surface area contributed by atoms with Crippen LogP contribution in [-0.2, 0) is 0 Å². The topological polar surface area (TPSA) is 12.9 Å². The first kappa shape index (κ1) is 24.5. The van der Waals surface area contributed by atoms with Crippen LogP contribution in [0.15, 0.2) is 134 Å². The van der Waals surface area contributed by atoms with E-state index in [2.05, 4.69) is 153 Å².